The summed E-state index contributed by atoms with van der Waals surface area (Å²) in [6.45, 7) is 21.2. The minimum absolute atomic E-state index is 0. The van der Waals surface area contributed by atoms with Gasteiger partial charge < -0.3 is 10.8 Å². The Balaban J connectivity index is 0.000000362. The molecule has 0 bridgehead atoms. The van der Waals surface area contributed by atoms with Crippen LogP contribution in [0, 0.1) is 45.2 Å². The van der Waals surface area contributed by atoms with E-state index >= 15 is 0 Å². The molecule has 0 amide bonds. The van der Waals surface area contributed by atoms with Crippen molar-refractivity contribution >= 4 is 54.9 Å². The summed E-state index contributed by atoms with van der Waals surface area (Å²) in [7, 11) is 0. The van der Waals surface area contributed by atoms with Gasteiger partial charge in [0, 0.05) is 30.6 Å². The van der Waals surface area contributed by atoms with Gasteiger partial charge in [0.15, 0.2) is 5.78 Å². The lowest BCUT2D eigenvalue weighted by Gasteiger charge is -2.27. The normalized spacial score (nSPS) is 11.4. The number of fused-ring (bicyclic) bond motifs is 2. The van der Waals surface area contributed by atoms with Gasteiger partial charge in [-0.1, -0.05) is 84.8 Å². The van der Waals surface area contributed by atoms with E-state index in [4.69, 9.17) is 5.73 Å². The van der Waals surface area contributed by atoms with E-state index in [2.05, 4.69) is 20.4 Å². The van der Waals surface area contributed by atoms with Gasteiger partial charge in [-0.05, 0) is 127 Å². The molecule has 2 aromatic carbocycles. The second-order valence-electron chi connectivity index (χ2n) is 19.5. The number of thiophene rings is 2. The smallest absolute Gasteiger partial charge is 0.333 e. The van der Waals surface area contributed by atoms with Crippen LogP contribution < -0.4 is 28.2 Å². The molecule has 0 radical (unpaired) electrons. The summed E-state index contributed by atoms with van der Waals surface area (Å²) in [5.74, 6) is -2.16. The lowest BCUT2D eigenvalue weighted by Crippen LogP contribution is -2.52. The highest BCUT2D eigenvalue weighted by molar-refractivity contribution is 7.21. The third kappa shape index (κ3) is 12.8. The number of ketones is 1. The molecule has 0 unspecified atom stereocenters. The van der Waals surface area contributed by atoms with Crippen molar-refractivity contribution in [1.29, 1.82) is 0 Å². The predicted molar refractivity (Wildman–Crippen MR) is 300 cm³/mol. The van der Waals surface area contributed by atoms with E-state index in [0.717, 1.165) is 25.8 Å². The van der Waals surface area contributed by atoms with E-state index in [-0.39, 0.29) is 70.5 Å². The topological polar surface area (TPSA) is 230 Å². The summed E-state index contributed by atoms with van der Waals surface area (Å²) >= 11 is 2.42. The van der Waals surface area contributed by atoms with Crippen LogP contribution in [-0.4, -0.2) is 71.2 Å². The lowest BCUT2D eigenvalue weighted by atomic mass is 9.91. The lowest BCUT2D eigenvalue weighted by molar-refractivity contribution is -0.146. The summed E-state index contributed by atoms with van der Waals surface area (Å²) in [6.07, 6.45) is 7.00. The Morgan fingerprint density at radius 1 is 0.632 bits per heavy atom. The Bertz CT molecular complexity index is 3580. The van der Waals surface area contributed by atoms with Crippen molar-refractivity contribution < 1.29 is 23.5 Å². The molecular weight excluding hydrogens is 1020 g/mol. The molecule has 6 aromatic heterocycles. The largest absolute Gasteiger partial charge is 0.480 e. The zero-order valence-corrected chi connectivity index (χ0v) is 44.6. The van der Waals surface area contributed by atoms with E-state index in [1.54, 1.807) is 39.8 Å². The molecule has 76 heavy (non-hydrogen) atoms. The summed E-state index contributed by atoms with van der Waals surface area (Å²) in [5, 5.41) is 28.1. The van der Waals surface area contributed by atoms with E-state index in [1.807, 2.05) is 41.5 Å². The number of halogens is 2. The van der Waals surface area contributed by atoms with Gasteiger partial charge in [0.2, 0.25) is 0 Å². The van der Waals surface area contributed by atoms with Crippen LogP contribution in [0.2, 0.25) is 0 Å². The van der Waals surface area contributed by atoms with E-state index in [9.17, 15) is 42.7 Å². The molecule has 0 saturated heterocycles. The third-order valence-corrected chi connectivity index (χ3v) is 14.9. The van der Waals surface area contributed by atoms with Crippen molar-refractivity contribution in [1.82, 2.24) is 48.3 Å². The van der Waals surface area contributed by atoms with Gasteiger partial charge in [0.05, 0.1) is 35.6 Å². The Morgan fingerprint density at radius 2 is 0.974 bits per heavy atom. The number of Topliss-reactive ketones (excluding diaryl/α,β-unsaturated/α-hetero) is 1. The van der Waals surface area contributed by atoms with Gasteiger partial charge in [0.25, 0.3) is 11.1 Å². The number of hydrogen-bond donors (Lipinski definition) is 2. The maximum atomic E-state index is 13.9. The van der Waals surface area contributed by atoms with E-state index in [1.165, 1.54) is 104 Å². The first-order chi connectivity index (χ1) is 34.2. The van der Waals surface area contributed by atoms with Crippen molar-refractivity contribution in [2.45, 2.75) is 155 Å². The highest BCUT2D eigenvalue weighted by Gasteiger charge is 2.37. The number of benzene rings is 2. The highest BCUT2D eigenvalue weighted by Crippen LogP contribution is 2.33. The van der Waals surface area contributed by atoms with Crippen molar-refractivity contribution in [3.63, 3.8) is 0 Å². The zero-order valence-electron chi connectivity index (χ0n) is 43.0. The predicted octanol–water partition coefficient (Wildman–Crippen LogP) is 9.04. The van der Waals surface area contributed by atoms with Gasteiger partial charge in [-0.2, -0.15) is 20.4 Å². The van der Waals surface area contributed by atoms with Crippen LogP contribution in [0.15, 0.2) is 80.4 Å². The molecule has 0 fully saturated rings. The number of carboxylic acid groups (broad SMARTS) is 1. The Hall–Kier alpha value is -7.04. The van der Waals surface area contributed by atoms with Crippen LogP contribution in [0.1, 0.15) is 117 Å². The zero-order chi connectivity index (χ0) is 54.0. The van der Waals surface area contributed by atoms with Crippen molar-refractivity contribution in [3.05, 3.63) is 148 Å². The number of rotatable bonds is 14. The molecule has 18 nitrogen and oxygen atoms in total. The number of aromatic nitrogens is 10. The average molecular weight is 1090 g/mol. The fourth-order valence-corrected chi connectivity index (χ4v) is 10.7. The van der Waals surface area contributed by atoms with Gasteiger partial charge in [-0.25, -0.2) is 32.3 Å². The van der Waals surface area contributed by atoms with Crippen LogP contribution in [0.5, 0.6) is 0 Å². The maximum absolute atomic E-state index is 13.9. The van der Waals surface area contributed by atoms with Gasteiger partial charge in [-0.3, -0.25) is 23.5 Å². The number of nitrogens with zero attached hydrogens (tertiary/aromatic N) is 10. The number of hydrogen-bond acceptors (Lipinski definition) is 13. The summed E-state index contributed by atoms with van der Waals surface area (Å²) in [6, 6.07) is 9.33. The Morgan fingerprint density at radius 3 is 1.30 bits per heavy atom. The molecule has 0 spiro atoms. The van der Waals surface area contributed by atoms with E-state index in [0.29, 0.717) is 60.6 Å². The molecule has 3 N–H and O–H groups in total. The fraction of sp³-hybridized carbons (Fsp3) is 0.444. The second kappa shape index (κ2) is 25.2. The second-order valence-corrected chi connectivity index (χ2v) is 21.5. The van der Waals surface area contributed by atoms with Crippen LogP contribution >= 0.6 is 22.7 Å². The van der Waals surface area contributed by atoms with Crippen LogP contribution in [0.3, 0.4) is 0 Å². The average Bonchev–Trinajstić information content (AvgIpc) is 4.14. The van der Waals surface area contributed by atoms with Gasteiger partial charge >= 0.3 is 17.3 Å². The number of carbonyl (C=O) groups is 2. The minimum atomic E-state index is -1.78. The Kier molecular flexibility index (Phi) is 21.0. The third-order valence-electron chi connectivity index (χ3n) is 12.3. The van der Waals surface area contributed by atoms with Gasteiger partial charge in [0.1, 0.15) is 42.4 Å². The molecule has 22 heteroatoms. The number of aliphatic carboxylic acids is 1. The van der Waals surface area contributed by atoms with Crippen LogP contribution in [-0.2, 0) is 46.6 Å². The van der Waals surface area contributed by atoms with Crippen molar-refractivity contribution in [3.8, 4) is 10.0 Å². The first-order valence-corrected chi connectivity index (χ1v) is 25.2. The molecule has 0 saturated carbocycles. The fourth-order valence-electron chi connectivity index (χ4n) is 8.20. The standard InChI is InChI=1S/C26H30FN5O3S.C22H22FN5O4S.C3H9N.3CH4/c1-15(2)13-20(33)26(5,6)31-22(34)21-17(4)23(32-28-10-11-29-32)36-24(21)30(25(31)35)12-9-18-14-19(27)8-7-16(18)3;1-12-5-6-15(23)11-14(12)7-10-26-19-16(13(2)18(33-19)28-24-8-9-25-28)17(29)27(21(26)32)22(3,4)20(30)31;1-3(2)4;;;/h7-8,10-11,14-15H,9,12-13H2,1-6H3;5-6,8-9,11H,7,10H2,1-4H3,(H,30,31);3H,4H2,1-2H3;3*1H4. The van der Waals surface area contributed by atoms with E-state index < -0.39 is 39.5 Å². The first kappa shape index (κ1) is 63.3. The van der Waals surface area contributed by atoms with Crippen LogP contribution in [0.4, 0.5) is 8.78 Å². The molecule has 0 aliphatic rings. The first-order valence-electron chi connectivity index (χ1n) is 23.5. The van der Waals surface area contributed by atoms with Gasteiger partial charge in [-0.15, -0.1) is 9.59 Å². The molecule has 8 aromatic rings. The summed E-state index contributed by atoms with van der Waals surface area (Å²) in [5.41, 5.74) is 3.91. The molecule has 8 rings (SSSR count). The summed E-state index contributed by atoms with van der Waals surface area (Å²) < 4.78 is 32.5. The molecule has 0 aliphatic carbocycles. The molecular formula is C54H73F2N11O7S2. The SMILES string of the molecule is C.C.C.CC(C)N.Cc1ccc(F)cc1CCn1c(=O)n(C(C)(C)C(=O)CC(C)C)c(=O)c2c(C)c(-n3nccn3)sc21.Cc1ccc(F)cc1CCn1c(=O)n(C(C)(C)C(=O)O)c(=O)c2c(C)c(-n3nccn3)sc21. The minimum Gasteiger partial charge on any atom is -0.480 e. The number of carboxylic acids is 1. The molecule has 0 atom stereocenters. The van der Waals surface area contributed by atoms with Crippen molar-refractivity contribution in [2.24, 2.45) is 11.7 Å². The maximum Gasteiger partial charge on any atom is 0.333 e. The monoisotopic (exact) mass is 1090 g/mol. The number of aryl methyl sites for hydroxylation is 8. The molecule has 412 valence electrons. The number of nitrogens with two attached hydrogens (primary N) is 1. The highest BCUT2D eigenvalue weighted by atomic mass is 32.1. The number of carbonyl (C=O) groups excluding carboxylic acids is 1. The van der Waals surface area contributed by atoms with Crippen molar-refractivity contribution in [2.75, 3.05) is 0 Å². The molecule has 6 heterocycles. The molecule has 0 aliphatic heterocycles. The van der Waals surface area contributed by atoms with Crippen LogP contribution in [0.25, 0.3) is 30.4 Å². The summed E-state index contributed by atoms with van der Waals surface area (Å²) in [4.78, 5) is 83.4. The quantitative estimate of drug-likeness (QED) is 0.104. The Labute approximate surface area is 449 Å².